The molecular formula is C39H48N2O11. The van der Waals surface area contributed by atoms with Crippen LogP contribution in [0.2, 0.25) is 0 Å². The van der Waals surface area contributed by atoms with Gasteiger partial charge in [-0.2, -0.15) is 0 Å². The van der Waals surface area contributed by atoms with Crippen molar-refractivity contribution < 1.29 is 47.9 Å². The van der Waals surface area contributed by atoms with Gasteiger partial charge in [-0.25, -0.2) is 9.59 Å². The molecule has 5 rings (SSSR count). The maximum absolute atomic E-state index is 13.4. The Hall–Kier alpha value is -4.85. The molecule has 13 nitrogen and oxygen atoms in total. The van der Waals surface area contributed by atoms with Gasteiger partial charge in [-0.05, 0) is 101 Å². The maximum Gasteiger partial charge on any atom is 0.364 e. The summed E-state index contributed by atoms with van der Waals surface area (Å²) in [7, 11) is 1.42. The van der Waals surface area contributed by atoms with Crippen molar-refractivity contribution in [1.29, 1.82) is 0 Å². The van der Waals surface area contributed by atoms with Gasteiger partial charge in [0.15, 0.2) is 23.6 Å². The third-order valence-corrected chi connectivity index (χ3v) is 9.07. The summed E-state index contributed by atoms with van der Waals surface area (Å²) in [6.07, 6.45) is -2.44. The van der Waals surface area contributed by atoms with Gasteiger partial charge in [0.05, 0.1) is 17.6 Å². The zero-order chi connectivity index (χ0) is 37.9. The number of methoxy groups -OCH3 is 1. The molecule has 2 aromatic heterocycles. The fourth-order valence-corrected chi connectivity index (χ4v) is 6.25. The lowest BCUT2D eigenvalue weighted by Crippen LogP contribution is -2.65. The number of aryl methyl sites for hydroxylation is 3. The van der Waals surface area contributed by atoms with E-state index in [1.165, 1.54) is 19.2 Å². The molecule has 4 aromatic rings. The van der Waals surface area contributed by atoms with Crippen LogP contribution in [0.1, 0.15) is 85.1 Å². The first-order valence-electron chi connectivity index (χ1n) is 17.4. The minimum absolute atomic E-state index is 0.00387. The smallest absolute Gasteiger partial charge is 0.364 e. The molecule has 0 spiro atoms. The number of aliphatic hydroxyl groups excluding tert-OH is 1. The highest BCUT2D eigenvalue weighted by molar-refractivity contribution is 6.06. The van der Waals surface area contributed by atoms with E-state index in [9.17, 15) is 24.6 Å². The van der Waals surface area contributed by atoms with Gasteiger partial charge in [0.1, 0.15) is 28.9 Å². The standard InChI is InChI=1S/C39H48N2O11/c1-9-18-48-28-16-13-24(19-23(28)12-10-20(2)3)35(44)41-29-30(42)25-14-17-27(22(5)32(25)50-37(29)46)49-38-31(43)33(34(47-8)39(6,7)52-38)51-36(45)26-15-11-21(4)40-26/h11,13-17,19-20,31,33-34,38,40,42-43H,9-10,12,18H2,1-8H3,(H,41,44)/t31-,33+,34-,38-/m1/s1. The lowest BCUT2D eigenvalue weighted by molar-refractivity contribution is -0.305. The van der Waals surface area contributed by atoms with Crippen molar-refractivity contribution in [3.05, 3.63) is 81.0 Å². The zero-order valence-electron chi connectivity index (χ0n) is 30.8. The molecule has 0 unspecified atom stereocenters. The van der Waals surface area contributed by atoms with Gasteiger partial charge in [-0.1, -0.05) is 20.8 Å². The number of rotatable bonds is 13. The number of carbonyl (C=O) groups is 2. The second-order valence-corrected chi connectivity index (χ2v) is 14.0. The van der Waals surface area contributed by atoms with E-state index in [1.807, 2.05) is 6.92 Å². The molecule has 1 aliphatic rings. The lowest BCUT2D eigenvalue weighted by atomic mass is 9.89. The summed E-state index contributed by atoms with van der Waals surface area (Å²) in [5.74, 6) is -0.470. The van der Waals surface area contributed by atoms with Crippen molar-refractivity contribution in [3.8, 4) is 17.2 Å². The van der Waals surface area contributed by atoms with Gasteiger partial charge < -0.3 is 48.6 Å². The Kier molecular flexibility index (Phi) is 11.7. The molecule has 52 heavy (non-hydrogen) atoms. The van der Waals surface area contributed by atoms with Crippen LogP contribution in [0, 0.1) is 19.8 Å². The molecule has 1 aliphatic heterocycles. The molecule has 4 atom stereocenters. The molecule has 0 aliphatic carbocycles. The van der Waals surface area contributed by atoms with Crippen molar-refractivity contribution in [1.82, 2.24) is 4.98 Å². The first kappa shape index (κ1) is 38.4. The van der Waals surface area contributed by atoms with Gasteiger partial charge in [0.2, 0.25) is 6.29 Å². The molecule has 13 heteroatoms. The number of esters is 1. The molecule has 1 saturated heterocycles. The van der Waals surface area contributed by atoms with Crippen LogP contribution in [0.3, 0.4) is 0 Å². The SMILES string of the molecule is CCCOc1ccc(C(=O)Nc2c(O)c3ccc(O[C@@H]4OC(C)(C)[C@H](OC)[C@@H](OC(=O)c5ccc(C)[nH]5)[C@H]4O)c(C)c3oc2=O)cc1CCC(C)C. The van der Waals surface area contributed by atoms with Crippen molar-refractivity contribution in [3.63, 3.8) is 0 Å². The minimum atomic E-state index is -1.50. The van der Waals surface area contributed by atoms with Crippen molar-refractivity contribution in [2.45, 2.75) is 97.9 Å². The number of aromatic hydroxyl groups is 1. The van der Waals surface area contributed by atoms with Crippen molar-refractivity contribution >= 4 is 28.5 Å². The largest absolute Gasteiger partial charge is 0.505 e. The number of carbonyl (C=O) groups excluding carboxylic acids is 2. The Morgan fingerprint density at radius 1 is 1.08 bits per heavy atom. The summed E-state index contributed by atoms with van der Waals surface area (Å²) in [6, 6.07) is 11.4. The van der Waals surface area contributed by atoms with E-state index in [1.54, 1.807) is 58.0 Å². The van der Waals surface area contributed by atoms with Crippen LogP contribution in [0.15, 0.2) is 51.7 Å². The molecule has 0 bridgehead atoms. The number of nitrogens with one attached hydrogen (secondary N) is 2. The molecule has 0 radical (unpaired) electrons. The number of hydrogen-bond acceptors (Lipinski definition) is 11. The summed E-state index contributed by atoms with van der Waals surface area (Å²) < 4.78 is 35.1. The van der Waals surface area contributed by atoms with E-state index in [-0.39, 0.29) is 28.0 Å². The van der Waals surface area contributed by atoms with Crippen LogP contribution >= 0.6 is 0 Å². The second-order valence-electron chi connectivity index (χ2n) is 14.0. The minimum Gasteiger partial charge on any atom is -0.505 e. The molecule has 280 valence electrons. The second kappa shape index (κ2) is 15.8. The summed E-state index contributed by atoms with van der Waals surface area (Å²) in [5, 5.41) is 25.3. The molecule has 0 saturated carbocycles. The Morgan fingerprint density at radius 2 is 1.81 bits per heavy atom. The number of aliphatic hydroxyl groups is 1. The Morgan fingerprint density at radius 3 is 2.46 bits per heavy atom. The molecule has 3 heterocycles. The molecule has 2 aromatic carbocycles. The van der Waals surface area contributed by atoms with E-state index in [4.69, 9.17) is 28.1 Å². The van der Waals surface area contributed by atoms with Gasteiger partial charge in [-0.3, -0.25) is 4.79 Å². The maximum atomic E-state index is 13.4. The number of anilines is 1. The predicted octanol–water partition coefficient (Wildman–Crippen LogP) is 6.19. The van der Waals surface area contributed by atoms with E-state index in [0.717, 1.165) is 24.1 Å². The fourth-order valence-electron chi connectivity index (χ4n) is 6.25. The number of H-pyrrole nitrogens is 1. The van der Waals surface area contributed by atoms with Crippen LogP contribution in [0.4, 0.5) is 5.69 Å². The highest BCUT2D eigenvalue weighted by Gasteiger charge is 2.53. The van der Waals surface area contributed by atoms with E-state index >= 15 is 0 Å². The summed E-state index contributed by atoms with van der Waals surface area (Å²) in [4.78, 5) is 42.5. The monoisotopic (exact) mass is 720 g/mol. The number of benzene rings is 2. The number of amides is 1. The number of fused-ring (bicyclic) bond motifs is 1. The third kappa shape index (κ3) is 8.11. The van der Waals surface area contributed by atoms with Crippen LogP contribution in [0.5, 0.6) is 17.2 Å². The van der Waals surface area contributed by atoms with Gasteiger partial charge >= 0.3 is 11.6 Å². The van der Waals surface area contributed by atoms with E-state index in [2.05, 4.69) is 24.1 Å². The zero-order valence-corrected chi connectivity index (χ0v) is 30.8. The first-order valence-corrected chi connectivity index (χ1v) is 17.4. The van der Waals surface area contributed by atoms with Gasteiger partial charge in [-0.15, -0.1) is 0 Å². The molecule has 4 N–H and O–H groups in total. The van der Waals surface area contributed by atoms with Crippen LogP contribution in [-0.4, -0.2) is 71.0 Å². The number of ether oxygens (including phenoxy) is 5. The Labute approximate surface area is 302 Å². The number of aromatic amines is 1. The topological polar surface area (TPSA) is 179 Å². The Bertz CT molecular complexity index is 1980. The average Bonchev–Trinajstić information content (AvgIpc) is 3.54. The van der Waals surface area contributed by atoms with Crippen molar-refractivity contribution in [2.75, 3.05) is 19.0 Å². The summed E-state index contributed by atoms with van der Waals surface area (Å²) in [5.41, 5.74) is -0.0495. The van der Waals surface area contributed by atoms with Crippen LogP contribution < -0.4 is 20.4 Å². The lowest BCUT2D eigenvalue weighted by Gasteiger charge is -2.47. The first-order chi connectivity index (χ1) is 24.6. The predicted molar refractivity (Wildman–Crippen MR) is 193 cm³/mol. The van der Waals surface area contributed by atoms with Gasteiger partial charge in [0, 0.05) is 23.9 Å². The molecular weight excluding hydrogens is 672 g/mol. The third-order valence-electron chi connectivity index (χ3n) is 9.07. The summed E-state index contributed by atoms with van der Waals surface area (Å²) >= 11 is 0. The Balaban J connectivity index is 1.39. The summed E-state index contributed by atoms with van der Waals surface area (Å²) in [6.45, 7) is 13.6. The molecule has 1 amide bonds. The van der Waals surface area contributed by atoms with Crippen LogP contribution in [-0.2, 0) is 20.6 Å². The quantitative estimate of drug-likeness (QED) is 0.0915. The van der Waals surface area contributed by atoms with E-state index < -0.39 is 59.1 Å². The van der Waals surface area contributed by atoms with Gasteiger partial charge in [0.25, 0.3) is 5.91 Å². The normalized spacial score (nSPS) is 19.8. The number of hydrogen-bond donors (Lipinski definition) is 4. The van der Waals surface area contributed by atoms with Crippen LogP contribution in [0.25, 0.3) is 11.0 Å². The average molecular weight is 721 g/mol. The molecule has 1 fully saturated rings. The highest BCUT2D eigenvalue weighted by Crippen LogP contribution is 2.39. The van der Waals surface area contributed by atoms with Crippen molar-refractivity contribution in [2.24, 2.45) is 5.92 Å². The number of aromatic nitrogens is 1. The van der Waals surface area contributed by atoms with E-state index in [0.29, 0.717) is 30.3 Å². The highest BCUT2D eigenvalue weighted by atomic mass is 16.7. The fraction of sp³-hybridized carbons (Fsp3) is 0.462.